The minimum Gasteiger partial charge on any atom is -0.355 e. The van der Waals surface area contributed by atoms with Crippen molar-refractivity contribution >= 4 is 23.3 Å². The number of piperidine rings is 1. The second-order valence-electron chi connectivity index (χ2n) is 7.97. The summed E-state index contributed by atoms with van der Waals surface area (Å²) in [5, 5.41) is 3.12. The van der Waals surface area contributed by atoms with E-state index in [9.17, 15) is 18.0 Å². The summed E-state index contributed by atoms with van der Waals surface area (Å²) in [5.74, 6) is 1.73. The van der Waals surface area contributed by atoms with E-state index in [0.29, 0.717) is 43.6 Å². The van der Waals surface area contributed by atoms with Gasteiger partial charge >= 0.3 is 6.18 Å². The molecule has 0 unspecified atom stereocenters. The summed E-state index contributed by atoms with van der Waals surface area (Å²) in [4.78, 5) is 18.2. The summed E-state index contributed by atoms with van der Waals surface area (Å²) in [7, 11) is 0. The van der Waals surface area contributed by atoms with Crippen molar-refractivity contribution in [3.05, 3.63) is 22.8 Å². The largest absolute Gasteiger partial charge is 0.417 e. The highest BCUT2D eigenvalue weighted by Crippen LogP contribution is 2.36. The molecule has 2 aliphatic rings. The molecule has 150 valence electrons. The monoisotopic (exact) mass is 403 g/mol. The third-order valence-electron chi connectivity index (χ3n) is 5.78. The van der Waals surface area contributed by atoms with Crippen LogP contribution in [0.1, 0.15) is 45.1 Å². The van der Waals surface area contributed by atoms with Crippen LogP contribution in [0.2, 0.25) is 5.02 Å². The van der Waals surface area contributed by atoms with Gasteiger partial charge in [0.05, 0.1) is 10.6 Å². The number of hydrogen-bond acceptors (Lipinski definition) is 3. The highest BCUT2D eigenvalue weighted by Gasteiger charge is 2.35. The maximum absolute atomic E-state index is 12.7. The van der Waals surface area contributed by atoms with Crippen molar-refractivity contribution in [1.82, 2.24) is 10.3 Å². The van der Waals surface area contributed by atoms with Crippen molar-refractivity contribution in [3.63, 3.8) is 0 Å². The molecule has 4 nitrogen and oxygen atoms in total. The Labute approximate surface area is 162 Å². The fourth-order valence-corrected chi connectivity index (χ4v) is 4.10. The number of carbonyl (C=O) groups excluding carboxylic acids is 1. The number of hydrogen-bond donors (Lipinski definition) is 1. The maximum Gasteiger partial charge on any atom is 0.417 e. The Morgan fingerprint density at radius 2 is 1.93 bits per heavy atom. The van der Waals surface area contributed by atoms with Crippen molar-refractivity contribution in [2.75, 3.05) is 18.0 Å². The molecular formula is C19H25ClF3N3O. The van der Waals surface area contributed by atoms with E-state index in [0.717, 1.165) is 25.1 Å². The molecule has 27 heavy (non-hydrogen) atoms. The van der Waals surface area contributed by atoms with Crippen LogP contribution in [0.15, 0.2) is 12.3 Å². The molecule has 0 bridgehead atoms. The van der Waals surface area contributed by atoms with E-state index in [-0.39, 0.29) is 22.9 Å². The molecular weight excluding hydrogens is 379 g/mol. The lowest BCUT2D eigenvalue weighted by Crippen LogP contribution is -2.49. The van der Waals surface area contributed by atoms with Crippen LogP contribution in [0.4, 0.5) is 19.0 Å². The Bertz CT molecular complexity index is 681. The first-order valence-corrected chi connectivity index (χ1v) is 9.81. The fourth-order valence-electron chi connectivity index (χ4n) is 3.81. The highest BCUT2D eigenvalue weighted by atomic mass is 35.5. The fraction of sp³-hybridized carbons (Fsp3) is 0.684. The molecule has 2 heterocycles. The molecule has 1 aliphatic carbocycles. The Kier molecular flexibility index (Phi) is 5.89. The van der Waals surface area contributed by atoms with E-state index in [1.165, 1.54) is 0 Å². The SMILES string of the molecule is CC(C)C1CC(NC(=O)C2CCN(c3ncc(C(F)(F)F)cc3Cl)CC2)C1. The van der Waals surface area contributed by atoms with Crippen molar-refractivity contribution < 1.29 is 18.0 Å². The summed E-state index contributed by atoms with van der Waals surface area (Å²) in [5.41, 5.74) is -0.856. The number of anilines is 1. The molecule has 0 radical (unpaired) electrons. The number of pyridine rings is 1. The van der Waals surface area contributed by atoms with Gasteiger partial charge in [-0.1, -0.05) is 25.4 Å². The van der Waals surface area contributed by atoms with Crippen LogP contribution in [0.5, 0.6) is 0 Å². The van der Waals surface area contributed by atoms with Crippen molar-refractivity contribution in [2.24, 2.45) is 17.8 Å². The highest BCUT2D eigenvalue weighted by molar-refractivity contribution is 6.33. The van der Waals surface area contributed by atoms with E-state index < -0.39 is 11.7 Å². The first kappa shape index (κ1) is 20.2. The summed E-state index contributed by atoms with van der Waals surface area (Å²) in [6.07, 6.45) is -0.269. The Hall–Kier alpha value is -1.50. The van der Waals surface area contributed by atoms with Gasteiger partial charge < -0.3 is 10.2 Å². The number of carbonyl (C=O) groups is 1. The predicted octanol–water partition coefficient (Wildman–Crippen LogP) is 4.52. The van der Waals surface area contributed by atoms with E-state index in [2.05, 4.69) is 24.1 Å². The number of rotatable bonds is 4. The van der Waals surface area contributed by atoms with Crippen LogP contribution in [0.25, 0.3) is 0 Å². The molecule has 1 aromatic heterocycles. The van der Waals surface area contributed by atoms with Crippen molar-refractivity contribution in [2.45, 2.75) is 51.7 Å². The second kappa shape index (κ2) is 7.86. The van der Waals surface area contributed by atoms with Gasteiger partial charge in [-0.05, 0) is 43.6 Å². The summed E-state index contributed by atoms with van der Waals surface area (Å²) in [6.45, 7) is 5.52. The number of alkyl halides is 3. The van der Waals surface area contributed by atoms with Gasteiger partial charge in [-0.15, -0.1) is 0 Å². The first-order valence-electron chi connectivity index (χ1n) is 9.43. The number of aromatic nitrogens is 1. The minimum absolute atomic E-state index is 0.0121. The number of halogens is 4. The lowest BCUT2D eigenvalue weighted by molar-refractivity contribution is -0.137. The molecule has 1 aromatic rings. The molecule has 1 amide bonds. The van der Waals surface area contributed by atoms with Gasteiger partial charge in [-0.2, -0.15) is 13.2 Å². The van der Waals surface area contributed by atoms with Gasteiger partial charge in [0.25, 0.3) is 0 Å². The normalized spacial score (nSPS) is 24.0. The van der Waals surface area contributed by atoms with Crippen LogP contribution < -0.4 is 10.2 Å². The van der Waals surface area contributed by atoms with Gasteiger partial charge in [-0.3, -0.25) is 4.79 Å². The topological polar surface area (TPSA) is 45.2 Å². The van der Waals surface area contributed by atoms with E-state index in [4.69, 9.17) is 11.6 Å². The molecule has 0 atom stereocenters. The number of amides is 1. The Morgan fingerprint density at radius 3 is 2.44 bits per heavy atom. The third kappa shape index (κ3) is 4.68. The third-order valence-corrected chi connectivity index (χ3v) is 6.06. The Morgan fingerprint density at radius 1 is 1.30 bits per heavy atom. The lowest BCUT2D eigenvalue weighted by Gasteiger charge is -2.40. The average molecular weight is 404 g/mol. The lowest BCUT2D eigenvalue weighted by atomic mass is 9.73. The standard InChI is InChI=1S/C19H25ClF3N3O/c1-11(2)13-7-15(8-13)25-18(27)12-3-5-26(6-4-12)17-16(20)9-14(10-24-17)19(21,22)23/h9-13,15H,3-8H2,1-2H3,(H,25,27). The Balaban J connectivity index is 1.51. The van der Waals surface area contributed by atoms with Crippen LogP contribution in [0.3, 0.4) is 0 Å². The predicted molar refractivity (Wildman–Crippen MR) is 98.7 cm³/mol. The van der Waals surface area contributed by atoms with E-state index in [1.807, 2.05) is 4.90 Å². The zero-order chi connectivity index (χ0) is 19.8. The van der Waals surface area contributed by atoms with E-state index >= 15 is 0 Å². The second-order valence-corrected chi connectivity index (χ2v) is 8.38. The van der Waals surface area contributed by atoms with Gasteiger partial charge in [0, 0.05) is 31.2 Å². The molecule has 1 aliphatic heterocycles. The van der Waals surface area contributed by atoms with Gasteiger partial charge in [-0.25, -0.2) is 4.98 Å². The first-order chi connectivity index (χ1) is 12.6. The molecule has 1 saturated carbocycles. The zero-order valence-electron chi connectivity index (χ0n) is 15.5. The van der Waals surface area contributed by atoms with Gasteiger partial charge in [0.1, 0.15) is 5.82 Å². The van der Waals surface area contributed by atoms with Crippen molar-refractivity contribution in [3.8, 4) is 0 Å². The average Bonchev–Trinajstić information content (AvgIpc) is 2.56. The summed E-state index contributed by atoms with van der Waals surface area (Å²) in [6, 6.07) is 1.19. The van der Waals surface area contributed by atoms with Crippen LogP contribution in [-0.4, -0.2) is 30.0 Å². The van der Waals surface area contributed by atoms with Crippen molar-refractivity contribution in [1.29, 1.82) is 0 Å². The van der Waals surface area contributed by atoms with E-state index in [1.54, 1.807) is 0 Å². The molecule has 0 spiro atoms. The van der Waals surface area contributed by atoms with Crippen LogP contribution >= 0.6 is 11.6 Å². The zero-order valence-corrected chi connectivity index (χ0v) is 16.3. The molecule has 2 fully saturated rings. The molecule has 1 saturated heterocycles. The smallest absolute Gasteiger partial charge is 0.355 e. The van der Waals surface area contributed by atoms with Crippen LogP contribution in [0, 0.1) is 17.8 Å². The maximum atomic E-state index is 12.7. The minimum atomic E-state index is -4.46. The number of nitrogens with zero attached hydrogens (tertiary/aromatic N) is 2. The molecule has 3 rings (SSSR count). The molecule has 0 aromatic carbocycles. The van der Waals surface area contributed by atoms with Gasteiger partial charge in [0.15, 0.2) is 0 Å². The molecule has 1 N–H and O–H groups in total. The quantitative estimate of drug-likeness (QED) is 0.803. The number of nitrogens with one attached hydrogen (secondary N) is 1. The molecule has 8 heteroatoms. The summed E-state index contributed by atoms with van der Waals surface area (Å²) >= 11 is 6.02. The van der Waals surface area contributed by atoms with Gasteiger partial charge in [0.2, 0.25) is 5.91 Å². The summed E-state index contributed by atoms with van der Waals surface area (Å²) < 4.78 is 38.2. The van der Waals surface area contributed by atoms with Crippen LogP contribution in [-0.2, 0) is 11.0 Å².